The van der Waals surface area contributed by atoms with Gasteiger partial charge < -0.3 is 4.74 Å². The Morgan fingerprint density at radius 2 is 1.79 bits per heavy atom. The van der Waals surface area contributed by atoms with E-state index in [1.54, 1.807) is 0 Å². The van der Waals surface area contributed by atoms with E-state index in [1.165, 1.54) is 16.7 Å². The van der Waals surface area contributed by atoms with Crippen LogP contribution >= 0.6 is 0 Å². The van der Waals surface area contributed by atoms with Crippen LogP contribution in [0.4, 0.5) is 0 Å². The molecule has 14 heavy (non-hydrogen) atoms. The van der Waals surface area contributed by atoms with Crippen molar-refractivity contribution in [2.24, 2.45) is 0 Å². The predicted molar refractivity (Wildman–Crippen MR) is 61.0 cm³/mol. The van der Waals surface area contributed by atoms with Gasteiger partial charge in [-0.25, -0.2) is 0 Å². The Balaban J connectivity index is 2.76. The Morgan fingerprint density at radius 1 is 1.14 bits per heavy atom. The third-order valence-electron chi connectivity index (χ3n) is 2.37. The summed E-state index contributed by atoms with van der Waals surface area (Å²) in [4.78, 5) is 0. The highest BCUT2D eigenvalue weighted by Crippen LogP contribution is 2.22. The summed E-state index contributed by atoms with van der Waals surface area (Å²) < 4.78 is 5.64. The zero-order valence-corrected chi connectivity index (χ0v) is 9.26. The topological polar surface area (TPSA) is 9.23 Å². The van der Waals surface area contributed by atoms with Crippen molar-refractivity contribution in [3.05, 3.63) is 41.5 Å². The van der Waals surface area contributed by atoms with Crippen LogP contribution in [0.1, 0.15) is 23.1 Å². The van der Waals surface area contributed by atoms with Crippen molar-refractivity contribution in [2.75, 3.05) is 6.61 Å². The smallest absolute Gasteiger partial charge is 0.122 e. The number of hydrogen-bond donors (Lipinski definition) is 0. The van der Waals surface area contributed by atoms with Crippen LogP contribution < -0.4 is 4.74 Å². The summed E-state index contributed by atoms with van der Waals surface area (Å²) in [5, 5.41) is 0. The number of rotatable bonds is 4. The Hall–Kier alpha value is -1.24. The normalized spacial score (nSPS) is 9.93. The summed E-state index contributed by atoms with van der Waals surface area (Å²) in [6, 6.07) is 4.27. The lowest BCUT2D eigenvalue weighted by Gasteiger charge is -2.10. The molecule has 0 fully saturated rings. The molecule has 1 heteroatoms. The maximum Gasteiger partial charge on any atom is 0.122 e. The Morgan fingerprint density at radius 3 is 2.43 bits per heavy atom. The van der Waals surface area contributed by atoms with Crippen molar-refractivity contribution in [1.82, 2.24) is 0 Å². The minimum atomic E-state index is 0.715. The molecule has 0 unspecified atom stereocenters. The molecule has 0 radical (unpaired) electrons. The third kappa shape index (κ3) is 2.63. The lowest BCUT2D eigenvalue weighted by Crippen LogP contribution is -1.98. The van der Waals surface area contributed by atoms with Gasteiger partial charge in [0.15, 0.2) is 0 Å². The molecule has 0 aliphatic rings. The van der Waals surface area contributed by atoms with E-state index in [2.05, 4.69) is 39.5 Å². The van der Waals surface area contributed by atoms with Crippen LogP contribution in [0.2, 0.25) is 0 Å². The van der Waals surface area contributed by atoms with Crippen LogP contribution in [0.3, 0.4) is 0 Å². The van der Waals surface area contributed by atoms with Crippen molar-refractivity contribution >= 4 is 0 Å². The molecule has 0 aliphatic heterocycles. The van der Waals surface area contributed by atoms with Crippen molar-refractivity contribution < 1.29 is 4.74 Å². The summed E-state index contributed by atoms with van der Waals surface area (Å²) >= 11 is 0. The van der Waals surface area contributed by atoms with Gasteiger partial charge in [-0.2, -0.15) is 0 Å². The molecule has 0 spiro atoms. The first-order valence-electron chi connectivity index (χ1n) is 4.96. The van der Waals surface area contributed by atoms with E-state index in [4.69, 9.17) is 4.74 Å². The molecule has 0 heterocycles. The molecule has 0 aromatic heterocycles. The van der Waals surface area contributed by atoms with Gasteiger partial charge in [0.1, 0.15) is 5.75 Å². The molecule has 0 amide bonds. The lowest BCUT2D eigenvalue weighted by molar-refractivity contribution is 0.322. The molecule has 0 N–H and O–H groups in total. The van der Waals surface area contributed by atoms with Gasteiger partial charge >= 0.3 is 0 Å². The number of benzene rings is 1. The fourth-order valence-corrected chi connectivity index (χ4v) is 1.34. The zero-order chi connectivity index (χ0) is 10.6. The highest BCUT2D eigenvalue weighted by atomic mass is 16.5. The highest BCUT2D eigenvalue weighted by Gasteiger charge is 2.01. The Kier molecular flexibility index (Phi) is 3.75. The Bertz CT molecular complexity index is 326. The number of aryl methyl sites for hydroxylation is 3. The van der Waals surface area contributed by atoms with Gasteiger partial charge in [0, 0.05) is 0 Å². The third-order valence-corrected chi connectivity index (χ3v) is 2.37. The van der Waals surface area contributed by atoms with E-state index < -0.39 is 0 Å². The van der Waals surface area contributed by atoms with Crippen molar-refractivity contribution in [1.29, 1.82) is 0 Å². The first kappa shape index (κ1) is 10.8. The van der Waals surface area contributed by atoms with Crippen LogP contribution in [-0.2, 0) is 0 Å². The fourth-order valence-electron chi connectivity index (χ4n) is 1.34. The summed E-state index contributed by atoms with van der Waals surface area (Å²) in [6.45, 7) is 10.7. The van der Waals surface area contributed by atoms with Crippen molar-refractivity contribution in [3.8, 4) is 5.75 Å². The van der Waals surface area contributed by atoms with Crippen LogP contribution in [0.15, 0.2) is 24.8 Å². The standard InChI is InChI=1S/C13H18O/c1-5-6-7-14-13-9-11(3)10(2)8-12(13)4/h5,8-9H,1,6-7H2,2-4H3. The molecule has 0 aliphatic carbocycles. The second kappa shape index (κ2) is 4.85. The molecule has 0 saturated carbocycles. The summed E-state index contributed by atoms with van der Waals surface area (Å²) in [5.41, 5.74) is 3.81. The maximum atomic E-state index is 5.64. The van der Waals surface area contributed by atoms with E-state index in [-0.39, 0.29) is 0 Å². The molecule has 1 aromatic carbocycles. The van der Waals surface area contributed by atoms with E-state index in [0.29, 0.717) is 6.61 Å². The van der Waals surface area contributed by atoms with E-state index >= 15 is 0 Å². The number of ether oxygens (including phenoxy) is 1. The van der Waals surface area contributed by atoms with Crippen LogP contribution in [0.25, 0.3) is 0 Å². The first-order chi connectivity index (χ1) is 6.65. The highest BCUT2D eigenvalue weighted by molar-refractivity contribution is 5.40. The molecule has 0 atom stereocenters. The van der Waals surface area contributed by atoms with Gasteiger partial charge in [-0.3, -0.25) is 0 Å². The minimum absolute atomic E-state index is 0.715. The monoisotopic (exact) mass is 190 g/mol. The summed E-state index contributed by atoms with van der Waals surface area (Å²) in [5.74, 6) is 0.995. The molecular formula is C13H18O. The minimum Gasteiger partial charge on any atom is -0.493 e. The van der Waals surface area contributed by atoms with Gasteiger partial charge in [-0.05, 0) is 49.9 Å². The molecule has 1 aromatic rings. The largest absolute Gasteiger partial charge is 0.493 e. The molecule has 76 valence electrons. The molecule has 1 rings (SSSR count). The lowest BCUT2D eigenvalue weighted by atomic mass is 10.1. The SMILES string of the molecule is C=CCCOc1cc(C)c(C)cc1C. The molecular weight excluding hydrogens is 172 g/mol. The zero-order valence-electron chi connectivity index (χ0n) is 9.26. The average molecular weight is 190 g/mol. The predicted octanol–water partition coefficient (Wildman–Crippen LogP) is 3.57. The van der Waals surface area contributed by atoms with Gasteiger partial charge in [0.25, 0.3) is 0 Å². The summed E-state index contributed by atoms with van der Waals surface area (Å²) in [6.07, 6.45) is 2.77. The van der Waals surface area contributed by atoms with E-state index in [9.17, 15) is 0 Å². The second-order valence-electron chi connectivity index (χ2n) is 3.63. The maximum absolute atomic E-state index is 5.64. The van der Waals surface area contributed by atoms with Crippen LogP contribution in [-0.4, -0.2) is 6.61 Å². The van der Waals surface area contributed by atoms with E-state index in [1.807, 2.05) is 6.08 Å². The number of hydrogen-bond acceptors (Lipinski definition) is 1. The van der Waals surface area contributed by atoms with Gasteiger partial charge in [-0.15, -0.1) is 6.58 Å². The quantitative estimate of drug-likeness (QED) is 0.521. The Labute approximate surface area is 86.4 Å². The van der Waals surface area contributed by atoms with Gasteiger partial charge in [0.2, 0.25) is 0 Å². The summed E-state index contributed by atoms with van der Waals surface area (Å²) in [7, 11) is 0. The van der Waals surface area contributed by atoms with Crippen molar-refractivity contribution in [2.45, 2.75) is 27.2 Å². The van der Waals surface area contributed by atoms with Crippen molar-refractivity contribution in [3.63, 3.8) is 0 Å². The second-order valence-corrected chi connectivity index (χ2v) is 3.63. The first-order valence-corrected chi connectivity index (χ1v) is 4.96. The van der Waals surface area contributed by atoms with Crippen LogP contribution in [0, 0.1) is 20.8 Å². The fraction of sp³-hybridized carbons (Fsp3) is 0.385. The van der Waals surface area contributed by atoms with Gasteiger partial charge in [0.05, 0.1) is 6.61 Å². The van der Waals surface area contributed by atoms with Gasteiger partial charge in [-0.1, -0.05) is 12.1 Å². The molecule has 0 saturated heterocycles. The molecule has 1 nitrogen and oxygen atoms in total. The van der Waals surface area contributed by atoms with E-state index in [0.717, 1.165) is 12.2 Å². The average Bonchev–Trinajstić information content (AvgIpc) is 2.14. The molecule has 0 bridgehead atoms. The van der Waals surface area contributed by atoms with Crippen LogP contribution in [0.5, 0.6) is 5.75 Å².